The molecule has 2 unspecified atom stereocenters. The molecule has 0 bridgehead atoms. The van der Waals surface area contributed by atoms with Gasteiger partial charge in [0.2, 0.25) is 0 Å². The highest BCUT2D eigenvalue weighted by atomic mass is 16.5. The Kier molecular flexibility index (Phi) is 4.22. The van der Waals surface area contributed by atoms with Gasteiger partial charge in [0.1, 0.15) is 6.33 Å². The number of nitrogens with zero attached hydrogens (tertiary/aromatic N) is 5. The monoisotopic (exact) mass is 328 g/mol. The van der Waals surface area contributed by atoms with E-state index in [1.807, 2.05) is 18.2 Å². The maximum atomic E-state index is 12.6. The first-order chi connectivity index (χ1) is 11.8. The second-order valence-electron chi connectivity index (χ2n) is 6.23. The highest BCUT2D eigenvalue weighted by Gasteiger charge is 2.32. The van der Waals surface area contributed by atoms with Gasteiger partial charge >= 0.3 is 0 Å². The van der Waals surface area contributed by atoms with Crippen LogP contribution in [0.2, 0.25) is 0 Å². The van der Waals surface area contributed by atoms with Gasteiger partial charge in [-0.3, -0.25) is 9.69 Å². The second kappa shape index (κ2) is 6.66. The summed E-state index contributed by atoms with van der Waals surface area (Å²) in [4.78, 5) is 15.0. The van der Waals surface area contributed by atoms with Gasteiger partial charge in [-0.05, 0) is 41.9 Å². The van der Waals surface area contributed by atoms with Crippen LogP contribution in [0.5, 0.6) is 0 Å². The summed E-state index contributed by atoms with van der Waals surface area (Å²) in [5.41, 5.74) is 1.20. The van der Waals surface area contributed by atoms with Crippen molar-refractivity contribution < 1.29 is 9.53 Å². The zero-order valence-corrected chi connectivity index (χ0v) is 13.3. The van der Waals surface area contributed by atoms with Gasteiger partial charge in [-0.1, -0.05) is 12.1 Å². The van der Waals surface area contributed by atoms with E-state index in [2.05, 4.69) is 25.7 Å². The zero-order valence-electron chi connectivity index (χ0n) is 13.3. The van der Waals surface area contributed by atoms with E-state index in [1.165, 1.54) is 23.9 Å². The summed E-state index contributed by atoms with van der Waals surface area (Å²) >= 11 is 0. The van der Waals surface area contributed by atoms with Crippen molar-refractivity contribution in [2.24, 2.45) is 0 Å². The third kappa shape index (κ3) is 3.02. The average Bonchev–Trinajstić information content (AvgIpc) is 3.30. The van der Waals surface area contributed by atoms with E-state index >= 15 is 0 Å². The van der Waals surface area contributed by atoms with E-state index in [0.29, 0.717) is 23.8 Å². The number of aromatic nitrogens is 4. The molecule has 4 rings (SSSR count). The molecule has 8 heteroatoms. The number of ether oxygens (including phenoxy) is 1. The van der Waals surface area contributed by atoms with Crippen LogP contribution in [0.15, 0.2) is 30.6 Å². The molecule has 2 saturated heterocycles. The lowest BCUT2D eigenvalue weighted by molar-refractivity contribution is -0.0461. The summed E-state index contributed by atoms with van der Waals surface area (Å²) in [7, 11) is 0. The summed E-state index contributed by atoms with van der Waals surface area (Å²) in [5, 5.41) is 14.1. The minimum absolute atomic E-state index is 0.0449. The van der Waals surface area contributed by atoms with E-state index in [4.69, 9.17) is 4.74 Å². The topological polar surface area (TPSA) is 85.2 Å². The predicted octanol–water partition coefficient (Wildman–Crippen LogP) is 0.255. The molecule has 8 nitrogen and oxygen atoms in total. The number of amides is 1. The Bertz CT molecular complexity index is 704. The Morgan fingerprint density at radius 3 is 3.17 bits per heavy atom. The van der Waals surface area contributed by atoms with Crippen LogP contribution in [0.4, 0.5) is 0 Å². The fraction of sp³-hybridized carbons (Fsp3) is 0.500. The molecule has 2 fully saturated rings. The molecule has 3 heterocycles. The van der Waals surface area contributed by atoms with Gasteiger partial charge < -0.3 is 10.1 Å². The quantitative estimate of drug-likeness (QED) is 0.866. The SMILES string of the molecule is O=C(NCC1CN2CCCC2CO1)c1ccccc1-n1cnnn1. The average molecular weight is 328 g/mol. The van der Waals surface area contributed by atoms with Gasteiger partial charge in [0.25, 0.3) is 5.91 Å². The lowest BCUT2D eigenvalue weighted by Gasteiger charge is -2.35. The molecule has 1 N–H and O–H groups in total. The van der Waals surface area contributed by atoms with Crippen LogP contribution in [-0.2, 0) is 4.74 Å². The molecule has 1 amide bonds. The van der Waals surface area contributed by atoms with E-state index in [-0.39, 0.29) is 12.0 Å². The number of carbonyl (C=O) groups is 1. The Morgan fingerprint density at radius 2 is 2.29 bits per heavy atom. The molecule has 24 heavy (non-hydrogen) atoms. The fourth-order valence-corrected chi connectivity index (χ4v) is 3.45. The molecule has 2 aromatic rings. The third-order valence-electron chi connectivity index (χ3n) is 4.70. The molecular formula is C16H20N6O2. The number of morpholine rings is 1. The van der Waals surface area contributed by atoms with Gasteiger partial charge in [-0.25, -0.2) is 0 Å². The van der Waals surface area contributed by atoms with Crippen molar-refractivity contribution in [3.8, 4) is 5.69 Å². The lowest BCUT2D eigenvalue weighted by atomic mass is 10.1. The number of fused-ring (bicyclic) bond motifs is 1. The van der Waals surface area contributed by atoms with Crippen LogP contribution in [0.3, 0.4) is 0 Å². The predicted molar refractivity (Wildman–Crippen MR) is 85.8 cm³/mol. The van der Waals surface area contributed by atoms with Gasteiger partial charge in [0.15, 0.2) is 0 Å². The minimum atomic E-state index is -0.145. The Labute approximate surface area is 139 Å². The van der Waals surface area contributed by atoms with Crippen LogP contribution in [0.1, 0.15) is 23.2 Å². The van der Waals surface area contributed by atoms with Gasteiger partial charge in [0, 0.05) is 19.1 Å². The van der Waals surface area contributed by atoms with Crippen molar-refractivity contribution >= 4 is 5.91 Å². The van der Waals surface area contributed by atoms with Crippen molar-refractivity contribution in [2.75, 3.05) is 26.2 Å². The minimum Gasteiger partial charge on any atom is -0.373 e. The largest absolute Gasteiger partial charge is 0.373 e. The first kappa shape index (κ1) is 15.2. The highest BCUT2D eigenvalue weighted by molar-refractivity contribution is 5.97. The van der Waals surface area contributed by atoms with E-state index in [9.17, 15) is 4.79 Å². The molecule has 1 aromatic carbocycles. The highest BCUT2D eigenvalue weighted by Crippen LogP contribution is 2.22. The van der Waals surface area contributed by atoms with Crippen molar-refractivity contribution in [1.29, 1.82) is 0 Å². The number of rotatable bonds is 4. The second-order valence-corrected chi connectivity index (χ2v) is 6.23. The number of hydrogen-bond donors (Lipinski definition) is 1. The summed E-state index contributed by atoms with van der Waals surface area (Å²) in [6.45, 7) is 3.30. The Balaban J connectivity index is 1.40. The van der Waals surface area contributed by atoms with Crippen LogP contribution < -0.4 is 5.32 Å². The number of benzene rings is 1. The standard InChI is InChI=1S/C16H20N6O2/c23-16(14-5-1-2-6-15(14)22-11-18-19-20-22)17-8-13-9-21-7-3-4-12(21)10-24-13/h1-2,5-6,11-13H,3-4,7-10H2,(H,17,23). The molecule has 2 atom stereocenters. The lowest BCUT2D eigenvalue weighted by Crippen LogP contribution is -2.50. The smallest absolute Gasteiger partial charge is 0.253 e. The fourth-order valence-electron chi connectivity index (χ4n) is 3.45. The number of tetrazole rings is 1. The van der Waals surface area contributed by atoms with Gasteiger partial charge in [-0.15, -0.1) is 5.10 Å². The summed E-state index contributed by atoms with van der Waals surface area (Å²) in [5.74, 6) is -0.145. The molecule has 126 valence electrons. The van der Waals surface area contributed by atoms with Crippen molar-refractivity contribution in [2.45, 2.75) is 25.0 Å². The zero-order chi connectivity index (χ0) is 16.4. The van der Waals surface area contributed by atoms with Crippen LogP contribution >= 0.6 is 0 Å². The molecule has 2 aliphatic rings. The summed E-state index contributed by atoms with van der Waals surface area (Å²) in [6.07, 6.45) is 3.98. The summed E-state index contributed by atoms with van der Waals surface area (Å²) in [6, 6.07) is 7.83. The summed E-state index contributed by atoms with van der Waals surface area (Å²) < 4.78 is 7.37. The Morgan fingerprint density at radius 1 is 1.38 bits per heavy atom. The molecule has 0 radical (unpaired) electrons. The van der Waals surface area contributed by atoms with Crippen LogP contribution in [-0.4, -0.2) is 69.4 Å². The molecular weight excluding hydrogens is 308 g/mol. The van der Waals surface area contributed by atoms with Crippen molar-refractivity contribution in [1.82, 2.24) is 30.4 Å². The molecule has 1 aromatic heterocycles. The maximum absolute atomic E-state index is 12.6. The molecule has 0 aliphatic carbocycles. The van der Waals surface area contributed by atoms with E-state index in [1.54, 1.807) is 6.07 Å². The normalized spacial score (nSPS) is 23.8. The third-order valence-corrected chi connectivity index (χ3v) is 4.70. The Hall–Kier alpha value is -2.32. The van der Waals surface area contributed by atoms with Crippen molar-refractivity contribution in [3.63, 3.8) is 0 Å². The molecule has 0 spiro atoms. The van der Waals surface area contributed by atoms with Crippen molar-refractivity contribution in [3.05, 3.63) is 36.2 Å². The number of hydrogen-bond acceptors (Lipinski definition) is 6. The number of carbonyl (C=O) groups excluding carboxylic acids is 1. The first-order valence-corrected chi connectivity index (χ1v) is 8.27. The van der Waals surface area contributed by atoms with Crippen LogP contribution in [0.25, 0.3) is 5.69 Å². The number of para-hydroxylation sites is 1. The van der Waals surface area contributed by atoms with Crippen LogP contribution in [0, 0.1) is 0 Å². The van der Waals surface area contributed by atoms with E-state index in [0.717, 1.165) is 19.7 Å². The number of nitrogens with one attached hydrogen (secondary N) is 1. The first-order valence-electron chi connectivity index (χ1n) is 8.27. The molecule has 0 saturated carbocycles. The van der Waals surface area contributed by atoms with Gasteiger partial charge in [0.05, 0.1) is 24.0 Å². The maximum Gasteiger partial charge on any atom is 0.253 e. The molecule has 2 aliphatic heterocycles. The van der Waals surface area contributed by atoms with E-state index < -0.39 is 0 Å². The van der Waals surface area contributed by atoms with Gasteiger partial charge in [-0.2, -0.15) is 4.68 Å².